The number of carbonyl (C=O) groups excluding carboxylic acids is 1. The molecule has 2 fully saturated rings. The summed E-state index contributed by atoms with van der Waals surface area (Å²) in [6.07, 6.45) is 5.10. The summed E-state index contributed by atoms with van der Waals surface area (Å²) in [5, 5.41) is 14.4. The van der Waals surface area contributed by atoms with Crippen molar-refractivity contribution in [1.82, 2.24) is 10.6 Å². The van der Waals surface area contributed by atoms with Gasteiger partial charge in [0, 0.05) is 6.04 Å². The monoisotopic (exact) mass is 240 g/mol. The number of carboxylic acid groups (broad SMARTS) is 1. The van der Waals surface area contributed by atoms with Crippen LogP contribution in [0.1, 0.15) is 39.0 Å². The molecule has 2 aliphatic rings. The van der Waals surface area contributed by atoms with Crippen LogP contribution in [0.3, 0.4) is 0 Å². The molecular formula is C12H20N2O3. The Morgan fingerprint density at radius 1 is 1.41 bits per heavy atom. The van der Waals surface area contributed by atoms with Gasteiger partial charge in [-0.1, -0.05) is 13.3 Å². The molecule has 96 valence electrons. The van der Waals surface area contributed by atoms with Crippen molar-refractivity contribution < 1.29 is 14.7 Å². The van der Waals surface area contributed by atoms with Gasteiger partial charge < -0.3 is 15.7 Å². The van der Waals surface area contributed by atoms with E-state index >= 15 is 0 Å². The zero-order valence-electron chi connectivity index (χ0n) is 10.1. The summed E-state index contributed by atoms with van der Waals surface area (Å²) < 4.78 is 0. The van der Waals surface area contributed by atoms with Crippen molar-refractivity contribution in [3.8, 4) is 0 Å². The third-order valence-corrected chi connectivity index (χ3v) is 3.54. The van der Waals surface area contributed by atoms with Crippen LogP contribution in [-0.4, -0.2) is 29.2 Å². The fraction of sp³-hybridized carbons (Fsp3) is 0.833. The summed E-state index contributed by atoms with van der Waals surface area (Å²) in [6.45, 7) is 2.13. The van der Waals surface area contributed by atoms with Gasteiger partial charge in [-0.05, 0) is 37.5 Å². The Balaban J connectivity index is 1.71. The Morgan fingerprint density at radius 3 is 2.65 bits per heavy atom. The van der Waals surface area contributed by atoms with Gasteiger partial charge in [-0.3, -0.25) is 0 Å². The summed E-state index contributed by atoms with van der Waals surface area (Å²) in [7, 11) is 0. The van der Waals surface area contributed by atoms with E-state index < -0.39 is 12.0 Å². The first-order valence-electron chi connectivity index (χ1n) is 6.41. The Morgan fingerprint density at radius 2 is 2.12 bits per heavy atom. The summed E-state index contributed by atoms with van der Waals surface area (Å²) in [4.78, 5) is 22.5. The molecule has 0 saturated heterocycles. The Bertz CT molecular complexity index is 315. The lowest BCUT2D eigenvalue weighted by Crippen LogP contribution is -2.48. The number of hydrogen-bond donors (Lipinski definition) is 3. The standard InChI is InChI=1S/C12H20N2O3/c1-2-3-8-6-9(8)13-12(17)14-10(11(15)16)7-4-5-7/h7-10H,2-6H2,1H3,(H,15,16)(H2,13,14,17). The maximum Gasteiger partial charge on any atom is 0.326 e. The topological polar surface area (TPSA) is 78.4 Å². The van der Waals surface area contributed by atoms with Gasteiger partial charge in [0.05, 0.1) is 0 Å². The fourth-order valence-electron chi connectivity index (χ4n) is 2.28. The molecule has 0 aromatic rings. The quantitative estimate of drug-likeness (QED) is 0.655. The molecule has 2 saturated carbocycles. The predicted molar refractivity (Wildman–Crippen MR) is 62.6 cm³/mol. The number of amides is 2. The van der Waals surface area contributed by atoms with E-state index in [0.717, 1.165) is 32.1 Å². The summed E-state index contributed by atoms with van der Waals surface area (Å²) in [5.74, 6) is -0.206. The molecule has 0 heterocycles. The molecule has 5 heteroatoms. The van der Waals surface area contributed by atoms with Crippen molar-refractivity contribution in [3.05, 3.63) is 0 Å². The van der Waals surface area contributed by atoms with Gasteiger partial charge in [-0.15, -0.1) is 0 Å². The van der Waals surface area contributed by atoms with Gasteiger partial charge in [0.1, 0.15) is 6.04 Å². The molecule has 0 bridgehead atoms. The van der Waals surface area contributed by atoms with Gasteiger partial charge in [0.25, 0.3) is 0 Å². The van der Waals surface area contributed by atoms with E-state index in [1.807, 2.05) is 0 Å². The first kappa shape index (κ1) is 12.2. The van der Waals surface area contributed by atoms with Crippen LogP contribution >= 0.6 is 0 Å². The van der Waals surface area contributed by atoms with E-state index in [4.69, 9.17) is 5.11 Å². The van der Waals surface area contributed by atoms with Crippen molar-refractivity contribution in [1.29, 1.82) is 0 Å². The average Bonchev–Trinajstić information content (AvgIpc) is 3.11. The van der Waals surface area contributed by atoms with Crippen molar-refractivity contribution in [2.45, 2.75) is 51.1 Å². The zero-order valence-corrected chi connectivity index (χ0v) is 10.1. The minimum absolute atomic E-state index is 0.129. The van der Waals surface area contributed by atoms with E-state index in [0.29, 0.717) is 5.92 Å². The largest absolute Gasteiger partial charge is 0.480 e. The lowest BCUT2D eigenvalue weighted by atomic mass is 10.2. The zero-order chi connectivity index (χ0) is 12.4. The Labute approximate surface area is 101 Å². The first-order chi connectivity index (χ1) is 8.11. The molecule has 2 amide bonds. The minimum atomic E-state index is -0.927. The number of aliphatic carboxylic acids is 1. The van der Waals surface area contributed by atoms with Crippen molar-refractivity contribution >= 4 is 12.0 Å². The number of hydrogen-bond acceptors (Lipinski definition) is 2. The van der Waals surface area contributed by atoms with Crippen LogP contribution in [-0.2, 0) is 4.79 Å². The molecule has 2 rings (SSSR count). The Hall–Kier alpha value is -1.26. The Kier molecular flexibility index (Phi) is 3.54. The molecule has 0 radical (unpaired) electrons. The van der Waals surface area contributed by atoms with E-state index in [2.05, 4.69) is 17.6 Å². The van der Waals surface area contributed by atoms with Crippen LogP contribution in [0.2, 0.25) is 0 Å². The highest BCUT2D eigenvalue weighted by Crippen LogP contribution is 2.35. The first-order valence-corrected chi connectivity index (χ1v) is 6.41. The number of carboxylic acids is 1. The van der Waals surface area contributed by atoms with Gasteiger partial charge in [-0.2, -0.15) is 0 Å². The van der Waals surface area contributed by atoms with Crippen molar-refractivity contribution in [3.63, 3.8) is 0 Å². The normalized spacial score (nSPS) is 28.3. The van der Waals surface area contributed by atoms with E-state index in [1.165, 1.54) is 0 Å². The number of urea groups is 1. The summed E-state index contributed by atoms with van der Waals surface area (Å²) >= 11 is 0. The van der Waals surface area contributed by atoms with Crippen LogP contribution < -0.4 is 10.6 Å². The molecule has 3 atom stereocenters. The lowest BCUT2D eigenvalue weighted by Gasteiger charge is -2.14. The minimum Gasteiger partial charge on any atom is -0.480 e. The number of nitrogens with one attached hydrogen (secondary N) is 2. The molecule has 0 aromatic carbocycles. The second-order valence-electron chi connectivity index (χ2n) is 5.16. The molecular weight excluding hydrogens is 220 g/mol. The highest BCUT2D eigenvalue weighted by molar-refractivity contribution is 5.83. The molecule has 0 spiro atoms. The van der Waals surface area contributed by atoms with Gasteiger partial charge in [-0.25, -0.2) is 9.59 Å². The molecule has 3 unspecified atom stereocenters. The molecule has 17 heavy (non-hydrogen) atoms. The van der Waals surface area contributed by atoms with Crippen LogP contribution in [0.4, 0.5) is 4.79 Å². The van der Waals surface area contributed by atoms with Crippen LogP contribution in [0, 0.1) is 11.8 Å². The van der Waals surface area contributed by atoms with Crippen molar-refractivity contribution in [2.75, 3.05) is 0 Å². The van der Waals surface area contributed by atoms with Crippen LogP contribution in [0.5, 0.6) is 0 Å². The van der Waals surface area contributed by atoms with Crippen LogP contribution in [0.25, 0.3) is 0 Å². The lowest BCUT2D eigenvalue weighted by molar-refractivity contribution is -0.139. The molecule has 0 aromatic heterocycles. The maximum absolute atomic E-state index is 11.6. The molecule has 3 N–H and O–H groups in total. The SMILES string of the molecule is CCCC1CC1NC(=O)NC(C(=O)O)C1CC1. The summed E-state index contributed by atoms with van der Waals surface area (Å²) in [5.41, 5.74) is 0. The molecule has 2 aliphatic carbocycles. The molecule has 0 aliphatic heterocycles. The number of carbonyl (C=O) groups is 2. The van der Waals surface area contributed by atoms with Gasteiger partial charge in [0.2, 0.25) is 0 Å². The smallest absolute Gasteiger partial charge is 0.326 e. The highest BCUT2D eigenvalue weighted by atomic mass is 16.4. The third kappa shape index (κ3) is 3.35. The van der Waals surface area contributed by atoms with E-state index in [1.54, 1.807) is 0 Å². The van der Waals surface area contributed by atoms with Crippen molar-refractivity contribution in [2.24, 2.45) is 11.8 Å². The maximum atomic E-state index is 11.6. The second-order valence-corrected chi connectivity index (χ2v) is 5.16. The average molecular weight is 240 g/mol. The second kappa shape index (κ2) is 4.94. The third-order valence-electron chi connectivity index (χ3n) is 3.54. The van der Waals surface area contributed by atoms with E-state index in [-0.39, 0.29) is 18.0 Å². The fourth-order valence-corrected chi connectivity index (χ4v) is 2.28. The van der Waals surface area contributed by atoms with Crippen LogP contribution in [0.15, 0.2) is 0 Å². The number of rotatable bonds is 6. The van der Waals surface area contributed by atoms with E-state index in [9.17, 15) is 9.59 Å². The highest BCUT2D eigenvalue weighted by Gasteiger charge is 2.40. The predicted octanol–water partition coefficient (Wildman–Crippen LogP) is 1.34. The van der Waals surface area contributed by atoms with Gasteiger partial charge >= 0.3 is 12.0 Å². The summed E-state index contributed by atoms with van der Waals surface area (Å²) in [6, 6.07) is -0.783. The molecule has 5 nitrogen and oxygen atoms in total. The van der Waals surface area contributed by atoms with Gasteiger partial charge in [0.15, 0.2) is 0 Å².